The van der Waals surface area contributed by atoms with Crippen LogP contribution in [-0.2, 0) is 0 Å². The van der Waals surface area contributed by atoms with Crippen LogP contribution in [0.2, 0.25) is 0 Å². The first-order valence-corrected chi connectivity index (χ1v) is 6.57. The summed E-state index contributed by atoms with van der Waals surface area (Å²) in [6.45, 7) is 1.86. The topological polar surface area (TPSA) is 53.1 Å². The number of nitrogens with zero attached hydrogens (tertiary/aromatic N) is 2. The molecule has 2 N–H and O–H groups in total. The van der Waals surface area contributed by atoms with E-state index in [0.29, 0.717) is 17.1 Å². The first-order chi connectivity index (χ1) is 10.5. The average Bonchev–Trinajstić information content (AvgIpc) is 2.84. The van der Waals surface area contributed by atoms with Crippen molar-refractivity contribution in [2.45, 2.75) is 6.92 Å². The Morgan fingerprint density at radius 3 is 2.41 bits per heavy atom. The summed E-state index contributed by atoms with van der Waals surface area (Å²) in [6.07, 6.45) is 1.76. The van der Waals surface area contributed by atoms with Crippen molar-refractivity contribution >= 4 is 5.69 Å². The van der Waals surface area contributed by atoms with E-state index in [0.717, 1.165) is 23.9 Å². The van der Waals surface area contributed by atoms with E-state index >= 15 is 0 Å². The highest BCUT2D eigenvalue weighted by atomic mass is 19.1. The van der Waals surface area contributed by atoms with Gasteiger partial charge in [-0.1, -0.05) is 0 Å². The Hall–Kier alpha value is -2.89. The lowest BCUT2D eigenvalue weighted by Crippen LogP contribution is -2.00. The smallest absolute Gasteiger partial charge is 0.155 e. The predicted octanol–water partition coefficient (Wildman–Crippen LogP) is 3.83. The average molecular weight is 301 g/mol. The molecule has 0 unspecified atom stereocenters. The third kappa shape index (κ3) is 2.90. The third-order valence-corrected chi connectivity index (χ3v) is 3.02. The highest BCUT2D eigenvalue weighted by molar-refractivity contribution is 5.56. The first-order valence-electron chi connectivity index (χ1n) is 6.57. The maximum atomic E-state index is 13.3. The van der Waals surface area contributed by atoms with Crippen LogP contribution in [0.25, 0.3) is 5.69 Å². The van der Waals surface area contributed by atoms with Crippen molar-refractivity contribution < 1.29 is 13.5 Å². The molecule has 3 aromatic rings. The molecule has 0 amide bonds. The Kier molecular flexibility index (Phi) is 3.50. The van der Waals surface area contributed by atoms with Crippen LogP contribution in [0.5, 0.6) is 11.5 Å². The molecular formula is C16H13F2N3O. The van der Waals surface area contributed by atoms with Gasteiger partial charge >= 0.3 is 0 Å². The summed E-state index contributed by atoms with van der Waals surface area (Å²) in [6, 6.07) is 9.83. The van der Waals surface area contributed by atoms with Crippen molar-refractivity contribution in [3.63, 3.8) is 0 Å². The van der Waals surface area contributed by atoms with Gasteiger partial charge in [0.25, 0.3) is 0 Å². The monoisotopic (exact) mass is 301 g/mol. The summed E-state index contributed by atoms with van der Waals surface area (Å²) >= 11 is 0. The Morgan fingerprint density at radius 2 is 1.77 bits per heavy atom. The molecule has 3 rings (SSSR count). The van der Waals surface area contributed by atoms with Crippen molar-refractivity contribution in [2.75, 3.05) is 5.73 Å². The van der Waals surface area contributed by atoms with Crippen LogP contribution >= 0.6 is 0 Å². The number of benzene rings is 2. The zero-order valence-corrected chi connectivity index (χ0v) is 11.8. The number of hydrogen-bond donors (Lipinski definition) is 1. The molecule has 112 valence electrons. The predicted molar refractivity (Wildman–Crippen MR) is 79.1 cm³/mol. The zero-order chi connectivity index (χ0) is 15.7. The molecule has 0 atom stereocenters. The molecule has 0 aliphatic carbocycles. The molecule has 0 spiro atoms. The van der Waals surface area contributed by atoms with Gasteiger partial charge in [-0.3, -0.25) is 0 Å². The van der Waals surface area contributed by atoms with E-state index in [1.165, 1.54) is 0 Å². The lowest BCUT2D eigenvalue weighted by atomic mass is 10.2. The molecule has 1 aromatic heterocycles. The van der Waals surface area contributed by atoms with Gasteiger partial charge in [0.05, 0.1) is 5.69 Å². The molecule has 0 saturated heterocycles. The van der Waals surface area contributed by atoms with Gasteiger partial charge in [0.2, 0.25) is 0 Å². The first kappa shape index (κ1) is 14.1. The molecule has 0 fully saturated rings. The number of hydrogen-bond acceptors (Lipinski definition) is 3. The van der Waals surface area contributed by atoms with E-state index in [-0.39, 0.29) is 5.75 Å². The van der Waals surface area contributed by atoms with Crippen molar-refractivity contribution in [2.24, 2.45) is 0 Å². The van der Waals surface area contributed by atoms with Crippen LogP contribution in [0.3, 0.4) is 0 Å². The second-order valence-electron chi connectivity index (χ2n) is 4.84. The number of aromatic nitrogens is 2. The van der Waals surface area contributed by atoms with Gasteiger partial charge in [-0.2, -0.15) is 5.10 Å². The van der Waals surface area contributed by atoms with Gasteiger partial charge in [0.15, 0.2) is 5.75 Å². The van der Waals surface area contributed by atoms with Crippen LogP contribution in [0.4, 0.5) is 14.5 Å². The summed E-state index contributed by atoms with van der Waals surface area (Å²) in [4.78, 5) is 0. The number of halogens is 2. The number of aryl methyl sites for hydroxylation is 1. The number of nitrogens with two attached hydrogens (primary N) is 1. The Morgan fingerprint density at radius 1 is 1.05 bits per heavy atom. The van der Waals surface area contributed by atoms with Crippen LogP contribution in [-0.4, -0.2) is 9.78 Å². The maximum Gasteiger partial charge on any atom is 0.155 e. The summed E-state index contributed by atoms with van der Waals surface area (Å²) in [7, 11) is 0. The summed E-state index contributed by atoms with van der Waals surface area (Å²) in [5.41, 5.74) is 7.69. The van der Waals surface area contributed by atoms with Crippen LogP contribution in [0.1, 0.15) is 5.69 Å². The second kappa shape index (κ2) is 5.48. The lowest BCUT2D eigenvalue weighted by Gasteiger charge is -2.12. The minimum Gasteiger partial charge on any atom is -0.455 e. The van der Waals surface area contributed by atoms with Gasteiger partial charge in [-0.05, 0) is 25.1 Å². The minimum absolute atomic E-state index is 0.0493. The van der Waals surface area contributed by atoms with E-state index in [9.17, 15) is 8.78 Å². The molecule has 0 radical (unpaired) electrons. The van der Waals surface area contributed by atoms with Crippen molar-refractivity contribution in [1.82, 2.24) is 9.78 Å². The maximum absolute atomic E-state index is 13.3. The standard InChI is InChI=1S/C16H13F2N3O/c1-10-4-5-21(20-10)15-3-2-13(19)9-16(15)22-14-7-11(17)6-12(18)8-14/h2-9H,19H2,1H3. The largest absolute Gasteiger partial charge is 0.455 e. The molecule has 0 aliphatic heterocycles. The van der Waals surface area contributed by atoms with E-state index in [4.69, 9.17) is 10.5 Å². The molecule has 4 nitrogen and oxygen atoms in total. The van der Waals surface area contributed by atoms with Gasteiger partial charge in [0.1, 0.15) is 23.1 Å². The third-order valence-electron chi connectivity index (χ3n) is 3.02. The molecular weight excluding hydrogens is 288 g/mol. The van der Waals surface area contributed by atoms with Crippen molar-refractivity contribution in [3.05, 3.63) is 66.0 Å². The number of anilines is 1. The molecule has 22 heavy (non-hydrogen) atoms. The second-order valence-corrected chi connectivity index (χ2v) is 4.84. The SMILES string of the molecule is Cc1ccn(-c2ccc(N)cc2Oc2cc(F)cc(F)c2)n1. The number of ether oxygens (including phenoxy) is 1. The highest BCUT2D eigenvalue weighted by Gasteiger charge is 2.10. The van der Waals surface area contributed by atoms with E-state index < -0.39 is 11.6 Å². The fourth-order valence-electron chi connectivity index (χ4n) is 2.07. The number of rotatable bonds is 3. The molecule has 0 bridgehead atoms. The number of nitrogen functional groups attached to an aromatic ring is 1. The Labute approximate surface area is 125 Å². The summed E-state index contributed by atoms with van der Waals surface area (Å²) in [5, 5.41) is 4.30. The van der Waals surface area contributed by atoms with Gasteiger partial charge < -0.3 is 10.5 Å². The lowest BCUT2D eigenvalue weighted by molar-refractivity contribution is 0.465. The molecule has 0 saturated carbocycles. The summed E-state index contributed by atoms with van der Waals surface area (Å²) < 4.78 is 33.8. The molecule has 0 aliphatic rings. The van der Waals surface area contributed by atoms with Gasteiger partial charge in [0, 0.05) is 36.1 Å². The Bertz CT molecular complexity index is 810. The van der Waals surface area contributed by atoms with Gasteiger partial charge in [-0.25, -0.2) is 13.5 Å². The van der Waals surface area contributed by atoms with E-state index in [1.54, 1.807) is 29.1 Å². The minimum atomic E-state index is -0.713. The fourth-order valence-corrected chi connectivity index (χ4v) is 2.07. The van der Waals surface area contributed by atoms with Crippen molar-refractivity contribution in [3.8, 4) is 17.2 Å². The van der Waals surface area contributed by atoms with Crippen LogP contribution in [0, 0.1) is 18.6 Å². The van der Waals surface area contributed by atoms with Crippen LogP contribution < -0.4 is 10.5 Å². The van der Waals surface area contributed by atoms with E-state index in [1.807, 2.05) is 13.0 Å². The normalized spacial score (nSPS) is 10.7. The van der Waals surface area contributed by atoms with Crippen LogP contribution in [0.15, 0.2) is 48.7 Å². The fraction of sp³-hybridized carbons (Fsp3) is 0.0625. The highest BCUT2D eigenvalue weighted by Crippen LogP contribution is 2.30. The molecule has 6 heteroatoms. The van der Waals surface area contributed by atoms with E-state index in [2.05, 4.69) is 5.10 Å². The van der Waals surface area contributed by atoms with Crippen molar-refractivity contribution in [1.29, 1.82) is 0 Å². The summed E-state index contributed by atoms with van der Waals surface area (Å²) in [5.74, 6) is -1.02. The molecule has 2 aromatic carbocycles. The quantitative estimate of drug-likeness (QED) is 0.748. The Balaban J connectivity index is 2.04. The zero-order valence-electron chi connectivity index (χ0n) is 11.8. The molecule has 1 heterocycles. The van der Waals surface area contributed by atoms with Gasteiger partial charge in [-0.15, -0.1) is 0 Å².